The number of fused-ring (bicyclic) bond motifs is 1. The number of nitrogens with zero attached hydrogens (tertiary/aromatic N) is 1. The second-order valence-electron chi connectivity index (χ2n) is 7.49. The van der Waals surface area contributed by atoms with E-state index in [1.807, 2.05) is 55.6 Å². The Morgan fingerprint density at radius 3 is 2.64 bits per heavy atom. The fraction of sp³-hybridized carbons (Fsp3) is 0.364. The number of H-pyrrole nitrogens is 1. The third-order valence-electron chi connectivity index (χ3n) is 5.48. The van der Waals surface area contributed by atoms with Crippen LogP contribution < -0.4 is 4.72 Å². The second-order valence-corrected chi connectivity index (χ2v) is 9.41. The van der Waals surface area contributed by atoms with E-state index in [2.05, 4.69) is 9.71 Å². The van der Waals surface area contributed by atoms with E-state index < -0.39 is 17.0 Å². The monoisotopic (exact) mass is 403 g/mol. The van der Waals surface area contributed by atoms with Crippen LogP contribution in [0, 0.1) is 0 Å². The molecule has 0 amide bonds. The largest absolute Gasteiger partial charge is 0.361 e. The van der Waals surface area contributed by atoms with E-state index in [0.717, 1.165) is 22.0 Å². The molecule has 3 rings (SSSR count). The van der Waals surface area contributed by atoms with Gasteiger partial charge in [-0.15, -0.1) is 0 Å². The van der Waals surface area contributed by atoms with Crippen LogP contribution in [0.5, 0.6) is 0 Å². The van der Waals surface area contributed by atoms with Gasteiger partial charge in [-0.3, -0.25) is 0 Å². The number of rotatable bonds is 8. The summed E-state index contributed by atoms with van der Waals surface area (Å²) in [5.74, 6) is -0.0991. The van der Waals surface area contributed by atoms with Crippen molar-refractivity contribution in [2.75, 3.05) is 27.6 Å². The predicted molar refractivity (Wildman–Crippen MR) is 116 cm³/mol. The molecule has 0 bridgehead atoms. The van der Waals surface area contributed by atoms with Gasteiger partial charge in [0.1, 0.15) is 6.04 Å². The summed E-state index contributed by atoms with van der Waals surface area (Å²) in [6.45, 7) is 0.184. The van der Waals surface area contributed by atoms with E-state index >= 15 is 0 Å². The summed E-state index contributed by atoms with van der Waals surface area (Å²) in [6, 6.07) is 15.0. The number of likely N-dealkylation sites (N-methyl/N-ethyl adjacent to an activating group) is 1. The second kappa shape index (κ2) is 8.07. The van der Waals surface area contributed by atoms with Crippen LogP contribution in [0.1, 0.15) is 33.8 Å². The molecule has 28 heavy (non-hydrogen) atoms. The summed E-state index contributed by atoms with van der Waals surface area (Å²) in [5.41, 5.74) is 3.56. The van der Waals surface area contributed by atoms with Crippen molar-refractivity contribution in [3.63, 3.8) is 0 Å². The number of nitrogens with one attached hydrogen (secondary N) is 2. The Labute approximate surface area is 172 Å². The van der Waals surface area contributed by atoms with Crippen molar-refractivity contribution in [3.05, 3.63) is 71.4 Å². The topological polar surface area (TPSA) is 62.0 Å². The zero-order valence-corrected chi connectivity index (χ0v) is 17.4. The highest BCUT2D eigenvalue weighted by Crippen LogP contribution is 2.27. The van der Waals surface area contributed by atoms with Gasteiger partial charge in [-0.05, 0) is 37.2 Å². The number of sulfonamides is 1. The smallest absolute Gasteiger partial charge is 0.215 e. The SMILES string of the molecule is [2H]C([2H])([2H])[N+](C)(CCc1c[nH]c2ccc(CS(=O)(=O)NC)cc12)C(C)c1ccccc1. The van der Waals surface area contributed by atoms with Gasteiger partial charge in [0.05, 0.1) is 30.4 Å². The minimum Gasteiger partial charge on any atom is -0.361 e. The van der Waals surface area contributed by atoms with Gasteiger partial charge in [0.2, 0.25) is 10.0 Å². The van der Waals surface area contributed by atoms with E-state index in [4.69, 9.17) is 4.11 Å². The third-order valence-corrected chi connectivity index (χ3v) is 6.82. The average molecular weight is 404 g/mol. The molecule has 2 N–H and O–H groups in total. The fourth-order valence-corrected chi connectivity index (χ4v) is 4.18. The summed E-state index contributed by atoms with van der Waals surface area (Å²) in [5, 5.41) is 0.924. The zero-order chi connectivity index (χ0) is 22.9. The van der Waals surface area contributed by atoms with Crippen molar-refractivity contribution >= 4 is 20.9 Å². The molecule has 2 aromatic carbocycles. The number of hydrogen-bond donors (Lipinski definition) is 2. The molecular weight excluding hydrogens is 370 g/mol. The van der Waals surface area contributed by atoms with Gasteiger partial charge in [0.15, 0.2) is 0 Å². The lowest BCUT2D eigenvalue weighted by Crippen LogP contribution is -2.43. The van der Waals surface area contributed by atoms with Gasteiger partial charge >= 0.3 is 0 Å². The molecular formula is C22H30N3O2S+. The molecule has 0 aliphatic carbocycles. The molecule has 5 nitrogen and oxygen atoms in total. The summed E-state index contributed by atoms with van der Waals surface area (Å²) < 4.78 is 50.8. The molecule has 1 heterocycles. The van der Waals surface area contributed by atoms with Crippen molar-refractivity contribution < 1.29 is 17.0 Å². The van der Waals surface area contributed by atoms with Gasteiger partial charge in [-0.25, -0.2) is 13.1 Å². The summed E-state index contributed by atoms with van der Waals surface area (Å²) in [6.07, 6.45) is 2.44. The average Bonchev–Trinajstić information content (AvgIpc) is 3.13. The molecule has 0 saturated carbocycles. The Morgan fingerprint density at radius 2 is 1.96 bits per heavy atom. The maximum Gasteiger partial charge on any atom is 0.215 e. The molecule has 0 aliphatic rings. The van der Waals surface area contributed by atoms with Crippen LogP contribution >= 0.6 is 0 Å². The van der Waals surface area contributed by atoms with Crippen LogP contribution in [-0.2, 0) is 22.2 Å². The molecule has 0 fully saturated rings. The molecule has 1 aromatic heterocycles. The summed E-state index contributed by atoms with van der Waals surface area (Å²) >= 11 is 0. The highest BCUT2D eigenvalue weighted by molar-refractivity contribution is 7.88. The molecule has 150 valence electrons. The third kappa shape index (κ3) is 4.63. The van der Waals surface area contributed by atoms with Crippen molar-refractivity contribution in [2.24, 2.45) is 0 Å². The first-order valence-electron chi connectivity index (χ1n) is 10.9. The lowest BCUT2D eigenvalue weighted by Gasteiger charge is -2.36. The lowest BCUT2D eigenvalue weighted by molar-refractivity contribution is -0.919. The molecule has 0 spiro atoms. The first-order chi connectivity index (χ1) is 14.5. The van der Waals surface area contributed by atoms with E-state index in [1.165, 1.54) is 7.05 Å². The first-order valence-corrected chi connectivity index (χ1v) is 11.0. The van der Waals surface area contributed by atoms with Crippen LogP contribution in [0.3, 0.4) is 0 Å². The Balaban J connectivity index is 1.90. The molecule has 0 saturated heterocycles. The van der Waals surface area contributed by atoms with Gasteiger partial charge in [-0.1, -0.05) is 36.4 Å². The predicted octanol–water partition coefficient (Wildman–Crippen LogP) is 3.60. The normalized spacial score (nSPS) is 17.5. The highest BCUT2D eigenvalue weighted by atomic mass is 32.2. The zero-order valence-electron chi connectivity index (χ0n) is 19.6. The van der Waals surface area contributed by atoms with Crippen molar-refractivity contribution in [1.82, 2.24) is 9.71 Å². The van der Waals surface area contributed by atoms with Crippen molar-refractivity contribution in [2.45, 2.75) is 25.1 Å². The van der Waals surface area contributed by atoms with E-state index in [9.17, 15) is 8.42 Å². The quantitative estimate of drug-likeness (QED) is 0.565. The van der Waals surface area contributed by atoms with E-state index in [1.54, 1.807) is 13.1 Å². The first kappa shape index (κ1) is 16.8. The Hall–Kier alpha value is -2.15. The van der Waals surface area contributed by atoms with Gasteiger partial charge < -0.3 is 9.47 Å². The van der Waals surface area contributed by atoms with Crippen molar-refractivity contribution in [1.29, 1.82) is 0 Å². The molecule has 0 aliphatic heterocycles. The number of aromatic amines is 1. The number of aromatic nitrogens is 1. The van der Waals surface area contributed by atoms with Crippen LogP contribution in [0.25, 0.3) is 10.9 Å². The van der Waals surface area contributed by atoms with Crippen LogP contribution in [0.2, 0.25) is 0 Å². The van der Waals surface area contributed by atoms with Crippen LogP contribution in [0.4, 0.5) is 0 Å². The summed E-state index contributed by atoms with van der Waals surface area (Å²) in [4.78, 5) is 3.22. The van der Waals surface area contributed by atoms with E-state index in [0.29, 0.717) is 18.5 Å². The minimum atomic E-state index is -3.37. The van der Waals surface area contributed by atoms with Gasteiger partial charge in [0.25, 0.3) is 0 Å². The minimum absolute atomic E-state index is 0.0991. The van der Waals surface area contributed by atoms with Crippen LogP contribution in [0.15, 0.2) is 54.7 Å². The Morgan fingerprint density at radius 1 is 1.21 bits per heavy atom. The highest BCUT2D eigenvalue weighted by Gasteiger charge is 2.25. The lowest BCUT2D eigenvalue weighted by atomic mass is 10.0. The molecule has 2 unspecified atom stereocenters. The Kier molecular flexibility index (Phi) is 4.83. The van der Waals surface area contributed by atoms with Crippen molar-refractivity contribution in [3.8, 4) is 0 Å². The summed E-state index contributed by atoms with van der Waals surface area (Å²) in [7, 11) is -0.190. The maximum absolute atomic E-state index is 11.9. The van der Waals surface area contributed by atoms with Gasteiger partial charge in [0, 0.05) is 29.1 Å². The molecule has 6 heteroatoms. The number of hydrogen-bond acceptors (Lipinski definition) is 2. The Bertz CT molecular complexity index is 1140. The molecule has 0 radical (unpaired) electrons. The maximum atomic E-state index is 11.9. The standard InChI is InChI=1S/C22H30N3O2S/c1-17(19-8-6-5-7-9-19)25(3,4)13-12-20-15-24-22-11-10-18(14-21(20)22)16-28(26,27)23-2/h5-11,14-15,17,23-24H,12-13,16H2,1-4H3/q+1/i3D3. The fourth-order valence-electron chi connectivity index (χ4n) is 3.42. The molecule has 2 atom stereocenters. The molecule has 3 aromatic rings. The van der Waals surface area contributed by atoms with Gasteiger partial charge in [-0.2, -0.15) is 0 Å². The van der Waals surface area contributed by atoms with E-state index in [-0.39, 0.29) is 16.3 Å². The number of benzene rings is 2. The number of quaternary nitrogens is 1. The van der Waals surface area contributed by atoms with Crippen LogP contribution in [-0.4, -0.2) is 45.5 Å².